The van der Waals surface area contributed by atoms with Gasteiger partial charge in [0.25, 0.3) is 15.9 Å². The highest BCUT2D eigenvalue weighted by Crippen LogP contribution is 2.31. The Labute approximate surface area is 171 Å². The second-order valence-corrected chi connectivity index (χ2v) is 9.19. The third kappa shape index (κ3) is 3.91. The molecule has 0 spiro atoms. The summed E-state index contributed by atoms with van der Waals surface area (Å²) in [7, 11) is -4.13. The fraction of sp³-hybridized carbons (Fsp3) is 0.222. The zero-order chi connectivity index (χ0) is 20.6. The summed E-state index contributed by atoms with van der Waals surface area (Å²) in [6.45, 7) is 7.16. The van der Waals surface area contributed by atoms with E-state index in [0.717, 1.165) is 28.0 Å². The molecule has 3 rings (SSSR count). The first kappa shape index (κ1) is 20.4. The molecule has 7 nitrogen and oxygen atoms in total. The van der Waals surface area contributed by atoms with Gasteiger partial charge in [-0.3, -0.25) is 0 Å². The minimum atomic E-state index is -4.13. The van der Waals surface area contributed by atoms with Crippen molar-refractivity contribution in [2.45, 2.75) is 32.6 Å². The molecule has 0 bridgehead atoms. The maximum absolute atomic E-state index is 12.7. The summed E-state index contributed by atoms with van der Waals surface area (Å²) in [5.74, 6) is -0.561. The maximum Gasteiger partial charge on any atom is 0.355 e. The van der Waals surface area contributed by atoms with Gasteiger partial charge in [0.1, 0.15) is 26.2 Å². The van der Waals surface area contributed by atoms with E-state index in [4.69, 9.17) is 20.9 Å². The van der Waals surface area contributed by atoms with Crippen LogP contribution in [0, 0.1) is 27.7 Å². The Balaban J connectivity index is 1.91. The van der Waals surface area contributed by atoms with Gasteiger partial charge in [0.2, 0.25) is 0 Å². The first-order chi connectivity index (χ1) is 13.1. The molecule has 1 N–H and O–H groups in total. The average molecular weight is 441 g/mol. The van der Waals surface area contributed by atoms with Gasteiger partial charge in [-0.1, -0.05) is 34.5 Å². The molecule has 0 aliphatic carbocycles. The number of benzene rings is 1. The lowest BCUT2D eigenvalue weighted by Gasteiger charge is -2.12. The Hall–Kier alpha value is -2.36. The number of carbonyl (C=O) groups is 1. The molecule has 0 saturated heterocycles. The van der Waals surface area contributed by atoms with Crippen LogP contribution < -0.4 is 9.46 Å². The fourth-order valence-electron chi connectivity index (χ4n) is 2.72. The standard InChI is InChI=1S/C18H17ClN2O5S2/c1-9-7-10(2)15(11(3)8-9)25-18(22)16-13(5-6-27-16)28(23,24)21-17-14(19)12(4)20-26-17/h5-8,21H,1-4H3. The van der Waals surface area contributed by atoms with E-state index in [1.54, 1.807) is 6.92 Å². The molecule has 0 aliphatic rings. The van der Waals surface area contributed by atoms with E-state index in [-0.39, 0.29) is 20.7 Å². The van der Waals surface area contributed by atoms with Crippen LogP contribution in [0.3, 0.4) is 0 Å². The Morgan fingerprint density at radius 1 is 1.21 bits per heavy atom. The van der Waals surface area contributed by atoms with E-state index in [0.29, 0.717) is 11.4 Å². The van der Waals surface area contributed by atoms with Crippen LogP contribution in [0.1, 0.15) is 32.1 Å². The van der Waals surface area contributed by atoms with Crippen molar-refractivity contribution in [3.05, 3.63) is 55.9 Å². The van der Waals surface area contributed by atoms with Crippen LogP contribution in [0.4, 0.5) is 5.88 Å². The number of nitrogens with one attached hydrogen (secondary N) is 1. The van der Waals surface area contributed by atoms with Crippen LogP contribution in [0.2, 0.25) is 5.02 Å². The quantitative estimate of drug-likeness (QED) is 0.458. The number of anilines is 1. The number of hydrogen-bond acceptors (Lipinski definition) is 7. The van der Waals surface area contributed by atoms with E-state index in [2.05, 4.69) is 9.88 Å². The van der Waals surface area contributed by atoms with Crippen molar-refractivity contribution in [3.63, 3.8) is 0 Å². The second kappa shape index (κ2) is 7.57. The third-order valence-corrected chi connectivity index (χ3v) is 6.76. The molecule has 0 fully saturated rings. The van der Waals surface area contributed by atoms with E-state index in [9.17, 15) is 13.2 Å². The number of thiophene rings is 1. The smallest absolute Gasteiger partial charge is 0.355 e. The molecular formula is C18H17ClN2O5S2. The molecule has 3 aromatic rings. The minimum absolute atomic E-state index is 0.0498. The molecule has 0 atom stereocenters. The molecule has 28 heavy (non-hydrogen) atoms. The Bertz CT molecular complexity index is 1140. The van der Waals surface area contributed by atoms with Gasteiger partial charge in [0.15, 0.2) is 0 Å². The summed E-state index contributed by atoms with van der Waals surface area (Å²) >= 11 is 6.93. The van der Waals surface area contributed by atoms with Crippen molar-refractivity contribution in [2.75, 3.05) is 4.72 Å². The zero-order valence-corrected chi connectivity index (χ0v) is 17.9. The van der Waals surface area contributed by atoms with Gasteiger partial charge in [-0.25, -0.2) is 17.9 Å². The van der Waals surface area contributed by atoms with Crippen molar-refractivity contribution in [2.24, 2.45) is 0 Å². The molecule has 2 heterocycles. The van der Waals surface area contributed by atoms with Crippen molar-refractivity contribution in [1.29, 1.82) is 0 Å². The van der Waals surface area contributed by atoms with Crippen LogP contribution >= 0.6 is 22.9 Å². The summed E-state index contributed by atoms with van der Waals surface area (Å²) in [4.78, 5) is 12.4. The van der Waals surface area contributed by atoms with E-state index >= 15 is 0 Å². The topological polar surface area (TPSA) is 98.5 Å². The van der Waals surface area contributed by atoms with Crippen molar-refractivity contribution >= 4 is 44.8 Å². The van der Waals surface area contributed by atoms with Gasteiger partial charge < -0.3 is 9.26 Å². The first-order valence-corrected chi connectivity index (χ1v) is 10.9. The molecule has 148 valence electrons. The van der Waals surface area contributed by atoms with Crippen molar-refractivity contribution in [1.82, 2.24) is 5.16 Å². The number of nitrogens with zero attached hydrogens (tertiary/aromatic N) is 1. The van der Waals surface area contributed by atoms with E-state index in [1.165, 1.54) is 11.4 Å². The molecule has 2 aromatic heterocycles. The number of aryl methyl sites for hydroxylation is 4. The average Bonchev–Trinajstić information content (AvgIpc) is 3.21. The van der Waals surface area contributed by atoms with Gasteiger partial charge in [-0.05, 0) is 50.3 Å². The van der Waals surface area contributed by atoms with Crippen molar-refractivity contribution < 1.29 is 22.5 Å². The van der Waals surface area contributed by atoms with Gasteiger partial charge in [-0.15, -0.1) is 11.3 Å². The Morgan fingerprint density at radius 3 is 2.43 bits per heavy atom. The lowest BCUT2D eigenvalue weighted by molar-refractivity contribution is 0.0733. The Morgan fingerprint density at radius 2 is 1.86 bits per heavy atom. The molecular weight excluding hydrogens is 424 g/mol. The molecule has 0 unspecified atom stereocenters. The number of halogens is 1. The predicted octanol–water partition coefficient (Wildman–Crippen LogP) is 4.64. The van der Waals surface area contributed by atoms with Crippen molar-refractivity contribution in [3.8, 4) is 5.75 Å². The van der Waals surface area contributed by atoms with Gasteiger partial charge in [0.05, 0.1) is 0 Å². The van der Waals surface area contributed by atoms with Crippen LogP contribution in [-0.2, 0) is 10.0 Å². The summed E-state index contributed by atoms with van der Waals surface area (Å²) in [6.07, 6.45) is 0. The monoisotopic (exact) mass is 440 g/mol. The summed E-state index contributed by atoms with van der Waals surface area (Å²) in [5, 5.41) is 5.14. The summed E-state index contributed by atoms with van der Waals surface area (Å²) in [5.41, 5.74) is 2.95. The van der Waals surface area contributed by atoms with Crippen LogP contribution in [0.25, 0.3) is 0 Å². The third-order valence-electron chi connectivity index (χ3n) is 3.92. The number of esters is 1. The lowest BCUT2D eigenvalue weighted by atomic mass is 10.1. The van der Waals surface area contributed by atoms with Gasteiger partial charge >= 0.3 is 5.97 Å². The molecule has 0 amide bonds. The lowest BCUT2D eigenvalue weighted by Crippen LogP contribution is -2.17. The number of rotatable bonds is 5. The minimum Gasteiger partial charge on any atom is -0.422 e. The van der Waals surface area contributed by atoms with E-state index in [1.807, 2.05) is 32.9 Å². The number of hydrogen-bond donors (Lipinski definition) is 1. The number of carbonyl (C=O) groups excluding carboxylic acids is 1. The van der Waals surface area contributed by atoms with Crippen LogP contribution in [-0.4, -0.2) is 19.5 Å². The van der Waals surface area contributed by atoms with E-state index < -0.39 is 16.0 Å². The highest BCUT2D eigenvalue weighted by Gasteiger charge is 2.28. The molecule has 1 aromatic carbocycles. The summed E-state index contributed by atoms with van der Waals surface area (Å²) < 4.78 is 38.0. The number of sulfonamides is 1. The van der Waals surface area contributed by atoms with Crippen LogP contribution in [0.15, 0.2) is 33.0 Å². The van der Waals surface area contributed by atoms with Crippen LogP contribution in [0.5, 0.6) is 5.75 Å². The normalized spacial score (nSPS) is 11.5. The maximum atomic E-state index is 12.7. The predicted molar refractivity (Wildman–Crippen MR) is 107 cm³/mol. The zero-order valence-electron chi connectivity index (χ0n) is 15.5. The highest BCUT2D eigenvalue weighted by atomic mass is 35.5. The SMILES string of the molecule is Cc1cc(C)c(OC(=O)c2sccc2S(=O)(=O)Nc2onc(C)c2Cl)c(C)c1. The molecule has 10 heteroatoms. The largest absolute Gasteiger partial charge is 0.422 e. The van der Waals surface area contributed by atoms with Gasteiger partial charge in [-0.2, -0.15) is 0 Å². The molecule has 0 radical (unpaired) electrons. The van der Waals surface area contributed by atoms with Gasteiger partial charge in [0, 0.05) is 0 Å². The highest BCUT2D eigenvalue weighted by molar-refractivity contribution is 7.93. The first-order valence-electron chi connectivity index (χ1n) is 8.12. The summed E-state index contributed by atoms with van der Waals surface area (Å²) in [6, 6.07) is 5.09. The second-order valence-electron chi connectivity index (χ2n) is 6.25. The number of ether oxygens (including phenoxy) is 1. The molecule has 0 saturated carbocycles. The Kier molecular flexibility index (Phi) is 5.51. The molecule has 0 aliphatic heterocycles. The fourth-order valence-corrected chi connectivity index (χ4v) is 5.19. The number of aromatic nitrogens is 1.